The van der Waals surface area contributed by atoms with Gasteiger partial charge >= 0.3 is 11.8 Å². The maximum Gasteiger partial charge on any atom is 0.314 e. The molecule has 2 aromatic carbocycles. The van der Waals surface area contributed by atoms with Gasteiger partial charge in [-0.15, -0.1) is 11.8 Å². The van der Waals surface area contributed by atoms with Gasteiger partial charge in [-0.2, -0.15) is 0 Å². The quantitative estimate of drug-likeness (QED) is 0.643. The largest absolute Gasteiger partial charge is 0.497 e. The van der Waals surface area contributed by atoms with Crippen molar-refractivity contribution in [1.82, 2.24) is 0 Å². The molecular formula is C17H18N2O4S. The summed E-state index contributed by atoms with van der Waals surface area (Å²) in [5.74, 6) is -0.554. The van der Waals surface area contributed by atoms with Crippen molar-refractivity contribution in [1.29, 1.82) is 0 Å². The SMILES string of the molecule is COc1ccc(NC(=O)C(=O)Nc2cccc(SC)c2)c(OC)c1. The van der Waals surface area contributed by atoms with Crippen molar-refractivity contribution >= 4 is 35.0 Å². The molecule has 2 amide bonds. The van der Waals surface area contributed by atoms with Gasteiger partial charge in [0, 0.05) is 16.6 Å². The number of methoxy groups -OCH3 is 2. The van der Waals surface area contributed by atoms with Crippen LogP contribution in [0.15, 0.2) is 47.4 Å². The molecule has 0 heterocycles. The highest BCUT2D eigenvalue weighted by Crippen LogP contribution is 2.29. The Labute approximate surface area is 144 Å². The molecule has 0 saturated carbocycles. The van der Waals surface area contributed by atoms with Gasteiger partial charge in [0.25, 0.3) is 0 Å². The highest BCUT2D eigenvalue weighted by Gasteiger charge is 2.16. The number of carbonyl (C=O) groups excluding carboxylic acids is 2. The summed E-state index contributed by atoms with van der Waals surface area (Å²) in [5.41, 5.74) is 0.944. The second-order valence-electron chi connectivity index (χ2n) is 4.71. The van der Waals surface area contributed by atoms with E-state index in [0.29, 0.717) is 22.9 Å². The van der Waals surface area contributed by atoms with E-state index in [1.54, 1.807) is 42.1 Å². The van der Waals surface area contributed by atoms with Gasteiger partial charge < -0.3 is 20.1 Å². The third-order valence-corrected chi connectivity index (χ3v) is 3.92. The Morgan fingerprint density at radius 1 is 0.958 bits per heavy atom. The molecule has 0 saturated heterocycles. The van der Waals surface area contributed by atoms with Crippen LogP contribution in [0.5, 0.6) is 11.5 Å². The monoisotopic (exact) mass is 346 g/mol. The number of ether oxygens (including phenoxy) is 2. The molecule has 0 fully saturated rings. The molecule has 0 aliphatic carbocycles. The van der Waals surface area contributed by atoms with Gasteiger partial charge in [-0.05, 0) is 36.6 Å². The summed E-state index contributed by atoms with van der Waals surface area (Å²) >= 11 is 1.55. The van der Waals surface area contributed by atoms with Gasteiger partial charge in [0.15, 0.2) is 0 Å². The fourth-order valence-corrected chi connectivity index (χ4v) is 2.43. The van der Waals surface area contributed by atoms with Crippen LogP contribution in [0.2, 0.25) is 0 Å². The molecule has 0 aliphatic heterocycles. The van der Waals surface area contributed by atoms with E-state index in [1.807, 2.05) is 18.4 Å². The maximum atomic E-state index is 12.1. The number of nitrogens with one attached hydrogen (secondary N) is 2. The molecule has 0 radical (unpaired) electrons. The normalized spacial score (nSPS) is 9.96. The molecule has 126 valence electrons. The Morgan fingerprint density at radius 2 is 1.71 bits per heavy atom. The van der Waals surface area contributed by atoms with Crippen LogP contribution in [0.1, 0.15) is 0 Å². The first-order valence-electron chi connectivity index (χ1n) is 7.05. The van der Waals surface area contributed by atoms with E-state index in [1.165, 1.54) is 14.2 Å². The molecule has 7 heteroatoms. The number of benzene rings is 2. The third kappa shape index (κ3) is 4.42. The average molecular weight is 346 g/mol. The summed E-state index contributed by atoms with van der Waals surface area (Å²) in [6.07, 6.45) is 1.93. The van der Waals surface area contributed by atoms with Crippen LogP contribution in [-0.4, -0.2) is 32.3 Å². The molecule has 6 nitrogen and oxygen atoms in total. The van der Waals surface area contributed by atoms with Crippen molar-refractivity contribution in [2.75, 3.05) is 31.1 Å². The second-order valence-corrected chi connectivity index (χ2v) is 5.59. The maximum absolute atomic E-state index is 12.1. The molecule has 0 unspecified atom stereocenters. The fraction of sp³-hybridized carbons (Fsp3) is 0.176. The first-order valence-corrected chi connectivity index (χ1v) is 8.28. The zero-order valence-electron chi connectivity index (χ0n) is 13.6. The van der Waals surface area contributed by atoms with Crippen LogP contribution in [0.3, 0.4) is 0 Å². The average Bonchev–Trinajstić information content (AvgIpc) is 2.62. The van der Waals surface area contributed by atoms with Gasteiger partial charge in [0.1, 0.15) is 11.5 Å². The van der Waals surface area contributed by atoms with Gasteiger partial charge in [-0.3, -0.25) is 9.59 Å². The van der Waals surface area contributed by atoms with Crippen molar-refractivity contribution in [2.45, 2.75) is 4.90 Å². The predicted molar refractivity (Wildman–Crippen MR) is 95.0 cm³/mol. The smallest absolute Gasteiger partial charge is 0.314 e. The van der Waals surface area contributed by atoms with E-state index in [0.717, 1.165) is 4.90 Å². The van der Waals surface area contributed by atoms with Gasteiger partial charge in [0.05, 0.1) is 19.9 Å². The molecule has 2 aromatic rings. The summed E-state index contributed by atoms with van der Waals surface area (Å²) in [6.45, 7) is 0. The lowest BCUT2D eigenvalue weighted by Gasteiger charge is -2.11. The van der Waals surface area contributed by atoms with E-state index in [-0.39, 0.29) is 0 Å². The van der Waals surface area contributed by atoms with E-state index in [9.17, 15) is 9.59 Å². The molecule has 2 rings (SSSR count). The van der Waals surface area contributed by atoms with Crippen molar-refractivity contribution in [3.8, 4) is 11.5 Å². The summed E-state index contributed by atoms with van der Waals surface area (Å²) in [5, 5.41) is 5.09. The van der Waals surface area contributed by atoms with Crippen molar-refractivity contribution < 1.29 is 19.1 Å². The van der Waals surface area contributed by atoms with E-state index in [2.05, 4.69) is 10.6 Å². The third-order valence-electron chi connectivity index (χ3n) is 3.19. The summed E-state index contributed by atoms with van der Waals surface area (Å²) in [4.78, 5) is 25.1. The minimum absolute atomic E-state index is 0.385. The molecule has 2 N–H and O–H groups in total. The first-order chi connectivity index (χ1) is 11.6. The van der Waals surface area contributed by atoms with Gasteiger partial charge in [-0.25, -0.2) is 0 Å². The molecule has 0 aliphatic rings. The second kappa shape index (κ2) is 8.26. The number of hydrogen-bond acceptors (Lipinski definition) is 5. The zero-order chi connectivity index (χ0) is 17.5. The molecule has 0 aromatic heterocycles. The van der Waals surface area contributed by atoms with Crippen LogP contribution in [0, 0.1) is 0 Å². The Bertz CT molecular complexity index is 749. The topological polar surface area (TPSA) is 76.7 Å². The number of hydrogen-bond donors (Lipinski definition) is 2. The van der Waals surface area contributed by atoms with Crippen molar-refractivity contribution in [3.05, 3.63) is 42.5 Å². The molecule has 24 heavy (non-hydrogen) atoms. The molecule has 0 spiro atoms. The standard InChI is InChI=1S/C17H18N2O4S/c1-22-12-7-8-14(15(10-12)23-2)19-17(21)16(20)18-11-5-4-6-13(9-11)24-3/h4-10H,1-3H3,(H,18,20)(H,19,21). The Hall–Kier alpha value is -2.67. The number of rotatable bonds is 5. The molecular weight excluding hydrogens is 328 g/mol. The zero-order valence-corrected chi connectivity index (χ0v) is 14.4. The Morgan fingerprint density at radius 3 is 2.38 bits per heavy atom. The Balaban J connectivity index is 2.07. The number of thioether (sulfide) groups is 1. The Kier molecular flexibility index (Phi) is 6.08. The van der Waals surface area contributed by atoms with Crippen LogP contribution < -0.4 is 20.1 Å². The van der Waals surface area contributed by atoms with Gasteiger partial charge in [-0.1, -0.05) is 6.07 Å². The number of amides is 2. The first kappa shape index (κ1) is 17.7. The van der Waals surface area contributed by atoms with Crippen LogP contribution >= 0.6 is 11.8 Å². The van der Waals surface area contributed by atoms with E-state index < -0.39 is 11.8 Å². The highest BCUT2D eigenvalue weighted by atomic mass is 32.2. The minimum Gasteiger partial charge on any atom is -0.497 e. The van der Waals surface area contributed by atoms with Crippen LogP contribution in [-0.2, 0) is 9.59 Å². The minimum atomic E-state index is -0.784. The van der Waals surface area contributed by atoms with E-state index >= 15 is 0 Å². The number of anilines is 2. The lowest BCUT2D eigenvalue weighted by Crippen LogP contribution is -2.29. The van der Waals surface area contributed by atoms with E-state index in [4.69, 9.17) is 9.47 Å². The highest BCUT2D eigenvalue weighted by molar-refractivity contribution is 7.98. The van der Waals surface area contributed by atoms with Crippen LogP contribution in [0.25, 0.3) is 0 Å². The summed E-state index contributed by atoms with van der Waals surface area (Å²) in [6, 6.07) is 12.1. The fourth-order valence-electron chi connectivity index (χ4n) is 1.97. The van der Waals surface area contributed by atoms with Crippen LogP contribution in [0.4, 0.5) is 11.4 Å². The van der Waals surface area contributed by atoms with Crippen molar-refractivity contribution in [2.24, 2.45) is 0 Å². The summed E-state index contributed by atoms with van der Waals surface area (Å²) in [7, 11) is 3.00. The number of carbonyl (C=O) groups is 2. The molecule has 0 atom stereocenters. The van der Waals surface area contributed by atoms with Gasteiger partial charge in [0.2, 0.25) is 0 Å². The molecule has 0 bridgehead atoms. The predicted octanol–water partition coefficient (Wildman–Crippen LogP) is 3.00. The summed E-state index contributed by atoms with van der Waals surface area (Å²) < 4.78 is 10.3. The lowest BCUT2D eigenvalue weighted by molar-refractivity contribution is -0.133. The lowest BCUT2D eigenvalue weighted by atomic mass is 10.2. The van der Waals surface area contributed by atoms with Crippen molar-refractivity contribution in [3.63, 3.8) is 0 Å².